The van der Waals surface area contributed by atoms with E-state index in [9.17, 15) is 9.59 Å². The number of aromatic amines is 1. The number of hydrogen-bond acceptors (Lipinski definition) is 2. The number of hydrogen-bond donors (Lipinski definition) is 1. The van der Waals surface area contributed by atoms with Crippen LogP contribution in [0.2, 0.25) is 0 Å². The molecule has 0 amide bonds. The maximum Gasteiger partial charge on any atom is 0.197 e. The van der Waals surface area contributed by atoms with Crippen molar-refractivity contribution in [3.8, 4) is 0 Å². The Labute approximate surface area is 154 Å². The zero-order chi connectivity index (χ0) is 18.9. The van der Waals surface area contributed by atoms with Crippen LogP contribution in [0, 0.1) is 13.8 Å². The summed E-state index contributed by atoms with van der Waals surface area (Å²) < 4.78 is 2.01. The van der Waals surface area contributed by atoms with Crippen LogP contribution in [-0.4, -0.2) is 9.55 Å². The molecule has 3 aromatic carbocycles. The molecule has 0 aliphatic heterocycles. The molecule has 0 unspecified atom stereocenters. The van der Waals surface area contributed by atoms with E-state index in [4.69, 9.17) is 0 Å². The van der Waals surface area contributed by atoms with Gasteiger partial charge in [0.05, 0.1) is 22.1 Å². The highest BCUT2D eigenvalue weighted by molar-refractivity contribution is 6.03. The Balaban J connectivity index is 2.08. The third-order valence-corrected chi connectivity index (χ3v) is 5.58. The fourth-order valence-electron chi connectivity index (χ4n) is 4.19. The highest BCUT2D eigenvalue weighted by atomic mass is 16.1. The third-order valence-electron chi connectivity index (χ3n) is 5.58. The number of fused-ring (bicyclic) bond motifs is 4. The summed E-state index contributed by atoms with van der Waals surface area (Å²) in [5.74, 6) is 0. The van der Waals surface area contributed by atoms with Gasteiger partial charge in [-0.1, -0.05) is 24.3 Å². The van der Waals surface area contributed by atoms with Crippen LogP contribution in [-0.2, 0) is 7.05 Å². The Morgan fingerprint density at radius 1 is 0.778 bits per heavy atom. The molecule has 0 spiro atoms. The summed E-state index contributed by atoms with van der Waals surface area (Å²) in [6, 6.07) is 15.1. The minimum atomic E-state index is -0.0123. The second-order valence-corrected chi connectivity index (χ2v) is 7.23. The molecule has 2 heterocycles. The minimum absolute atomic E-state index is 0.00516. The van der Waals surface area contributed by atoms with Crippen LogP contribution in [0.25, 0.3) is 43.6 Å². The Bertz CT molecular complexity index is 1540. The molecule has 0 aliphatic rings. The first-order chi connectivity index (χ1) is 13.0. The summed E-state index contributed by atoms with van der Waals surface area (Å²) in [7, 11) is 1.95. The van der Waals surface area contributed by atoms with E-state index in [1.165, 1.54) is 0 Å². The zero-order valence-corrected chi connectivity index (χ0v) is 15.4. The Hall–Kier alpha value is -3.40. The van der Waals surface area contributed by atoms with Gasteiger partial charge in [-0.3, -0.25) is 9.59 Å². The van der Waals surface area contributed by atoms with Crippen molar-refractivity contribution in [2.45, 2.75) is 13.8 Å². The molecule has 0 aliphatic carbocycles. The topological polar surface area (TPSA) is 54.9 Å². The summed E-state index contributed by atoms with van der Waals surface area (Å²) in [6.07, 6.45) is 0. The smallest absolute Gasteiger partial charge is 0.197 e. The normalized spacial score (nSPS) is 11.8. The molecular formula is C23H18N2O2. The molecular weight excluding hydrogens is 336 g/mol. The molecule has 5 rings (SSSR count). The van der Waals surface area contributed by atoms with E-state index < -0.39 is 0 Å². The van der Waals surface area contributed by atoms with E-state index in [1.54, 1.807) is 0 Å². The van der Waals surface area contributed by atoms with E-state index in [0.29, 0.717) is 27.1 Å². The van der Waals surface area contributed by atoms with E-state index in [1.807, 2.05) is 74.0 Å². The van der Waals surface area contributed by atoms with Crippen molar-refractivity contribution >= 4 is 43.6 Å². The van der Waals surface area contributed by atoms with Gasteiger partial charge in [-0.05, 0) is 49.2 Å². The van der Waals surface area contributed by atoms with Crippen LogP contribution in [0.5, 0.6) is 0 Å². The molecule has 4 nitrogen and oxygen atoms in total. The quantitative estimate of drug-likeness (QED) is 0.422. The number of nitrogens with zero attached hydrogens (tertiary/aromatic N) is 1. The van der Waals surface area contributed by atoms with Crippen LogP contribution in [0.3, 0.4) is 0 Å². The maximum absolute atomic E-state index is 13.1. The Kier molecular flexibility index (Phi) is 3.11. The second kappa shape index (κ2) is 5.30. The van der Waals surface area contributed by atoms with Gasteiger partial charge >= 0.3 is 0 Å². The molecule has 5 aromatic rings. The summed E-state index contributed by atoms with van der Waals surface area (Å²) >= 11 is 0. The van der Waals surface area contributed by atoms with Gasteiger partial charge < -0.3 is 9.55 Å². The van der Waals surface area contributed by atoms with Gasteiger partial charge in [0.15, 0.2) is 10.9 Å². The van der Waals surface area contributed by atoms with Gasteiger partial charge in [0.2, 0.25) is 0 Å². The number of rotatable bonds is 0. The molecule has 0 saturated heterocycles. The van der Waals surface area contributed by atoms with Crippen LogP contribution in [0.4, 0.5) is 0 Å². The predicted octanol–water partition coefficient (Wildman–Crippen LogP) is 4.30. The molecule has 2 aromatic heterocycles. The lowest BCUT2D eigenvalue weighted by atomic mass is 10.0. The second-order valence-electron chi connectivity index (χ2n) is 7.23. The molecule has 1 N–H and O–H groups in total. The highest BCUT2D eigenvalue weighted by Gasteiger charge is 2.14. The summed E-state index contributed by atoms with van der Waals surface area (Å²) in [4.78, 5) is 29.6. The average molecular weight is 354 g/mol. The molecule has 0 radical (unpaired) electrons. The number of pyridine rings is 2. The summed E-state index contributed by atoms with van der Waals surface area (Å²) in [5.41, 5.74) is 5.22. The fourth-order valence-corrected chi connectivity index (χ4v) is 4.19. The van der Waals surface area contributed by atoms with Crippen molar-refractivity contribution in [3.05, 3.63) is 80.1 Å². The summed E-state index contributed by atoms with van der Waals surface area (Å²) in [5, 5.41) is 2.59. The SMILES string of the molecule is Cc1cccc2c(=O)c3cc4c(cc3[nH]c12)c(=O)c1cccc(C)c1n4C. The molecule has 0 atom stereocenters. The monoisotopic (exact) mass is 354 g/mol. The van der Waals surface area contributed by atoms with Crippen molar-refractivity contribution in [1.82, 2.24) is 9.55 Å². The molecule has 0 saturated carbocycles. The van der Waals surface area contributed by atoms with Gasteiger partial charge in [0, 0.05) is 28.6 Å². The molecule has 27 heavy (non-hydrogen) atoms. The van der Waals surface area contributed by atoms with E-state index in [-0.39, 0.29) is 10.9 Å². The van der Waals surface area contributed by atoms with Gasteiger partial charge in [0.25, 0.3) is 0 Å². The molecule has 0 bridgehead atoms. The molecule has 132 valence electrons. The first-order valence-electron chi connectivity index (χ1n) is 8.95. The average Bonchev–Trinajstić information content (AvgIpc) is 2.66. The minimum Gasteiger partial charge on any atom is -0.354 e. The van der Waals surface area contributed by atoms with Crippen LogP contribution < -0.4 is 10.9 Å². The van der Waals surface area contributed by atoms with Crippen molar-refractivity contribution in [1.29, 1.82) is 0 Å². The number of para-hydroxylation sites is 2. The number of aromatic nitrogens is 2. The Morgan fingerprint density at radius 3 is 2.22 bits per heavy atom. The van der Waals surface area contributed by atoms with Crippen LogP contribution in [0.15, 0.2) is 58.1 Å². The predicted molar refractivity (Wildman–Crippen MR) is 112 cm³/mol. The Morgan fingerprint density at radius 2 is 1.44 bits per heavy atom. The van der Waals surface area contributed by atoms with Gasteiger partial charge in [-0.2, -0.15) is 0 Å². The molecule has 4 heteroatoms. The lowest BCUT2D eigenvalue weighted by Crippen LogP contribution is -2.12. The highest BCUT2D eigenvalue weighted by Crippen LogP contribution is 2.25. The number of H-pyrrole nitrogens is 1. The first kappa shape index (κ1) is 15.8. The fraction of sp³-hybridized carbons (Fsp3) is 0.130. The standard InChI is InChI=1S/C23H18N2O2/c1-12-6-4-8-14-20(12)24-18-10-17-19(11-16(18)22(14)26)25(3)21-13(2)7-5-9-15(21)23(17)27/h4-11H,1-3H3,(H,24,26). The number of nitrogens with one attached hydrogen (secondary N) is 1. The van der Waals surface area contributed by atoms with Crippen molar-refractivity contribution < 1.29 is 0 Å². The van der Waals surface area contributed by atoms with Gasteiger partial charge in [0.1, 0.15) is 0 Å². The van der Waals surface area contributed by atoms with Crippen molar-refractivity contribution in [2.24, 2.45) is 7.05 Å². The zero-order valence-electron chi connectivity index (χ0n) is 15.4. The summed E-state index contributed by atoms with van der Waals surface area (Å²) in [6.45, 7) is 3.97. The largest absolute Gasteiger partial charge is 0.354 e. The third kappa shape index (κ3) is 2.04. The maximum atomic E-state index is 13.1. The van der Waals surface area contributed by atoms with E-state index in [2.05, 4.69) is 4.98 Å². The molecule has 0 fully saturated rings. The van der Waals surface area contributed by atoms with Crippen molar-refractivity contribution in [2.75, 3.05) is 0 Å². The van der Waals surface area contributed by atoms with Crippen LogP contribution >= 0.6 is 0 Å². The van der Waals surface area contributed by atoms with E-state index >= 15 is 0 Å². The van der Waals surface area contributed by atoms with E-state index in [0.717, 1.165) is 27.7 Å². The lowest BCUT2D eigenvalue weighted by Gasteiger charge is -2.14. The van der Waals surface area contributed by atoms with Crippen molar-refractivity contribution in [3.63, 3.8) is 0 Å². The van der Waals surface area contributed by atoms with Gasteiger partial charge in [-0.15, -0.1) is 0 Å². The first-order valence-corrected chi connectivity index (χ1v) is 8.95. The van der Waals surface area contributed by atoms with Gasteiger partial charge in [-0.25, -0.2) is 0 Å². The number of aryl methyl sites for hydroxylation is 3. The lowest BCUT2D eigenvalue weighted by molar-refractivity contribution is 0.997. The van der Waals surface area contributed by atoms with Crippen LogP contribution in [0.1, 0.15) is 11.1 Å². The number of benzene rings is 3.